The molecular formula is C15H16BrNOS2. The average molecular weight is 370 g/mol. The third-order valence-electron chi connectivity index (χ3n) is 2.54. The number of hydrogen-bond donors (Lipinski definition) is 1. The molecular weight excluding hydrogens is 354 g/mol. The number of amides is 1. The van der Waals surface area contributed by atoms with Gasteiger partial charge in [0, 0.05) is 24.9 Å². The van der Waals surface area contributed by atoms with Gasteiger partial charge in [0.25, 0.3) is 5.91 Å². The van der Waals surface area contributed by atoms with Crippen molar-refractivity contribution in [1.82, 2.24) is 5.32 Å². The third kappa shape index (κ3) is 4.36. The molecule has 1 aromatic carbocycles. The Balaban J connectivity index is 2.05. The first-order chi connectivity index (χ1) is 9.56. The van der Waals surface area contributed by atoms with Gasteiger partial charge in [0.2, 0.25) is 0 Å². The Morgan fingerprint density at radius 1 is 1.40 bits per heavy atom. The van der Waals surface area contributed by atoms with Gasteiger partial charge in [-0.15, -0.1) is 23.1 Å². The molecule has 1 N–H and O–H groups in total. The molecule has 106 valence electrons. The summed E-state index contributed by atoms with van der Waals surface area (Å²) >= 11 is 6.77. The lowest BCUT2D eigenvalue weighted by atomic mass is 10.2. The second-order valence-corrected chi connectivity index (χ2v) is 8.11. The van der Waals surface area contributed by atoms with E-state index in [9.17, 15) is 4.79 Å². The van der Waals surface area contributed by atoms with Gasteiger partial charge in [0.05, 0.1) is 12.1 Å². The lowest BCUT2D eigenvalue weighted by Crippen LogP contribution is -2.23. The molecule has 0 radical (unpaired) electrons. The van der Waals surface area contributed by atoms with Gasteiger partial charge in [0.15, 0.2) is 0 Å². The molecule has 2 nitrogen and oxygen atoms in total. The molecule has 0 saturated heterocycles. The van der Waals surface area contributed by atoms with Gasteiger partial charge in [-0.05, 0) is 34.1 Å². The highest BCUT2D eigenvalue weighted by molar-refractivity contribution is 9.10. The predicted molar refractivity (Wildman–Crippen MR) is 90.6 cm³/mol. The zero-order chi connectivity index (χ0) is 14.5. The average Bonchev–Trinajstić information content (AvgIpc) is 2.82. The molecule has 5 heteroatoms. The first-order valence-electron chi connectivity index (χ1n) is 6.33. The van der Waals surface area contributed by atoms with Gasteiger partial charge in [-0.3, -0.25) is 4.79 Å². The predicted octanol–water partition coefficient (Wildman–Crippen LogP) is 4.94. The van der Waals surface area contributed by atoms with Crippen molar-refractivity contribution in [2.45, 2.75) is 30.5 Å². The molecule has 2 rings (SSSR count). The summed E-state index contributed by atoms with van der Waals surface area (Å²) in [5, 5.41) is 5.45. The fourth-order valence-electron chi connectivity index (χ4n) is 1.72. The largest absolute Gasteiger partial charge is 0.347 e. The molecule has 1 heterocycles. The van der Waals surface area contributed by atoms with Crippen molar-refractivity contribution in [1.29, 1.82) is 0 Å². The van der Waals surface area contributed by atoms with Gasteiger partial charge in [0.1, 0.15) is 0 Å². The summed E-state index contributed by atoms with van der Waals surface area (Å²) in [6.07, 6.45) is 0. The van der Waals surface area contributed by atoms with Crippen LogP contribution in [0, 0.1) is 0 Å². The Hall–Kier alpha value is -0.780. The van der Waals surface area contributed by atoms with Gasteiger partial charge in [-0.25, -0.2) is 0 Å². The van der Waals surface area contributed by atoms with Crippen molar-refractivity contribution in [2.24, 2.45) is 0 Å². The number of nitrogens with one attached hydrogen (secondary N) is 1. The standard InChI is InChI=1S/C15H16BrNOS2/c1-10(2)20-14-6-4-3-5-13(14)15(18)17-8-12-7-11(16)9-19-12/h3-7,9-10H,8H2,1-2H3,(H,17,18). The molecule has 0 atom stereocenters. The monoisotopic (exact) mass is 369 g/mol. The molecule has 0 unspecified atom stereocenters. The quantitative estimate of drug-likeness (QED) is 0.756. The fraction of sp³-hybridized carbons (Fsp3) is 0.267. The number of thioether (sulfide) groups is 1. The van der Waals surface area contributed by atoms with E-state index in [2.05, 4.69) is 35.1 Å². The summed E-state index contributed by atoms with van der Waals surface area (Å²) < 4.78 is 1.06. The van der Waals surface area contributed by atoms with Crippen LogP contribution < -0.4 is 5.32 Å². The van der Waals surface area contributed by atoms with E-state index in [1.807, 2.05) is 35.7 Å². The lowest BCUT2D eigenvalue weighted by Gasteiger charge is -2.11. The maximum Gasteiger partial charge on any atom is 0.252 e. The molecule has 1 aromatic heterocycles. The molecule has 0 fully saturated rings. The number of carbonyl (C=O) groups is 1. The van der Waals surface area contributed by atoms with Crippen LogP contribution in [-0.4, -0.2) is 11.2 Å². The van der Waals surface area contributed by atoms with Crippen LogP contribution >= 0.6 is 39.0 Å². The van der Waals surface area contributed by atoms with E-state index in [0.29, 0.717) is 11.8 Å². The summed E-state index contributed by atoms with van der Waals surface area (Å²) in [5.74, 6) is -0.0155. The normalized spacial score (nSPS) is 10.8. The topological polar surface area (TPSA) is 29.1 Å². The Bertz CT molecular complexity index is 595. The Morgan fingerprint density at radius 3 is 2.80 bits per heavy atom. The number of rotatable bonds is 5. The van der Waals surface area contributed by atoms with Gasteiger partial charge >= 0.3 is 0 Å². The number of hydrogen-bond acceptors (Lipinski definition) is 3. The van der Waals surface area contributed by atoms with E-state index >= 15 is 0 Å². The van der Waals surface area contributed by atoms with Crippen molar-refractivity contribution in [3.63, 3.8) is 0 Å². The van der Waals surface area contributed by atoms with E-state index in [1.165, 1.54) is 0 Å². The minimum absolute atomic E-state index is 0.0155. The summed E-state index contributed by atoms with van der Waals surface area (Å²) in [4.78, 5) is 14.5. The van der Waals surface area contributed by atoms with E-state index in [4.69, 9.17) is 0 Å². The first-order valence-corrected chi connectivity index (χ1v) is 8.88. The molecule has 0 bridgehead atoms. The van der Waals surface area contributed by atoms with Crippen LogP contribution in [0.25, 0.3) is 0 Å². The zero-order valence-electron chi connectivity index (χ0n) is 11.4. The summed E-state index contributed by atoms with van der Waals surface area (Å²) in [5.41, 5.74) is 0.752. The third-order valence-corrected chi connectivity index (χ3v) is 5.32. The van der Waals surface area contributed by atoms with Crippen molar-refractivity contribution in [3.8, 4) is 0 Å². The number of carbonyl (C=O) groups excluding carboxylic acids is 1. The van der Waals surface area contributed by atoms with Crippen LogP contribution in [0.5, 0.6) is 0 Å². The smallest absolute Gasteiger partial charge is 0.252 e. The van der Waals surface area contributed by atoms with E-state index in [0.717, 1.165) is 19.8 Å². The second kappa shape index (κ2) is 7.29. The van der Waals surface area contributed by atoms with Gasteiger partial charge in [-0.1, -0.05) is 26.0 Å². The molecule has 0 saturated carbocycles. The molecule has 0 aliphatic carbocycles. The SMILES string of the molecule is CC(C)Sc1ccccc1C(=O)NCc1cc(Br)cs1. The van der Waals surface area contributed by atoms with Crippen molar-refractivity contribution >= 4 is 44.9 Å². The van der Waals surface area contributed by atoms with Gasteiger partial charge < -0.3 is 5.32 Å². The lowest BCUT2D eigenvalue weighted by molar-refractivity contribution is 0.0948. The highest BCUT2D eigenvalue weighted by atomic mass is 79.9. The van der Waals surface area contributed by atoms with Crippen LogP contribution in [0.3, 0.4) is 0 Å². The number of halogens is 1. The Morgan fingerprint density at radius 2 is 2.15 bits per heavy atom. The highest BCUT2D eigenvalue weighted by Crippen LogP contribution is 2.26. The molecule has 1 amide bonds. The fourth-order valence-corrected chi connectivity index (χ4v) is 4.06. The summed E-state index contributed by atoms with van der Waals surface area (Å²) in [6.45, 7) is 4.82. The molecule has 0 aliphatic rings. The van der Waals surface area contributed by atoms with Crippen LogP contribution in [0.2, 0.25) is 0 Å². The number of benzene rings is 1. The van der Waals surface area contributed by atoms with E-state index in [-0.39, 0.29) is 5.91 Å². The summed E-state index contributed by atoms with van der Waals surface area (Å²) in [6, 6.07) is 9.78. The van der Waals surface area contributed by atoms with Crippen LogP contribution in [0.1, 0.15) is 29.1 Å². The highest BCUT2D eigenvalue weighted by Gasteiger charge is 2.12. The minimum Gasteiger partial charge on any atom is -0.347 e. The van der Waals surface area contributed by atoms with Crippen LogP contribution in [0.15, 0.2) is 45.1 Å². The first kappa shape index (κ1) is 15.6. The number of thiophene rings is 1. The van der Waals surface area contributed by atoms with Crippen molar-refractivity contribution in [3.05, 3.63) is 50.6 Å². The van der Waals surface area contributed by atoms with Crippen LogP contribution in [-0.2, 0) is 6.54 Å². The van der Waals surface area contributed by atoms with Gasteiger partial charge in [-0.2, -0.15) is 0 Å². The second-order valence-electron chi connectivity index (χ2n) is 4.58. The molecule has 0 spiro atoms. The molecule has 20 heavy (non-hydrogen) atoms. The molecule has 0 aliphatic heterocycles. The van der Waals surface area contributed by atoms with Crippen molar-refractivity contribution < 1.29 is 4.79 Å². The van der Waals surface area contributed by atoms with Crippen LogP contribution in [0.4, 0.5) is 0 Å². The Labute approximate surface area is 136 Å². The Kier molecular flexibility index (Phi) is 5.69. The maximum absolute atomic E-state index is 12.3. The van der Waals surface area contributed by atoms with E-state index < -0.39 is 0 Å². The van der Waals surface area contributed by atoms with Crippen molar-refractivity contribution in [2.75, 3.05) is 0 Å². The van der Waals surface area contributed by atoms with E-state index in [1.54, 1.807) is 23.1 Å². The zero-order valence-corrected chi connectivity index (χ0v) is 14.6. The maximum atomic E-state index is 12.3. The minimum atomic E-state index is -0.0155. The summed E-state index contributed by atoms with van der Waals surface area (Å²) in [7, 11) is 0. The molecule has 2 aromatic rings.